The predicted octanol–water partition coefficient (Wildman–Crippen LogP) is 4.68. The van der Waals surface area contributed by atoms with Crippen molar-refractivity contribution in [1.29, 1.82) is 5.26 Å². The molecule has 2 aliphatic rings. The van der Waals surface area contributed by atoms with E-state index in [-0.39, 0.29) is 6.10 Å². The molecule has 0 bridgehead atoms. The van der Waals surface area contributed by atoms with Crippen molar-refractivity contribution in [3.05, 3.63) is 52.5 Å². The van der Waals surface area contributed by atoms with E-state index in [4.69, 9.17) is 26.3 Å². The lowest BCUT2D eigenvalue weighted by atomic mass is 9.94. The number of nitriles is 1. The number of nitrogens with zero attached hydrogens (tertiary/aromatic N) is 3. The topological polar surface area (TPSA) is 86.0 Å². The fourth-order valence-corrected chi connectivity index (χ4v) is 5.08. The zero-order chi connectivity index (χ0) is 24.1. The third-order valence-electron chi connectivity index (χ3n) is 6.81. The van der Waals surface area contributed by atoms with Gasteiger partial charge in [0.25, 0.3) is 0 Å². The van der Waals surface area contributed by atoms with Gasteiger partial charge in [0.1, 0.15) is 23.7 Å². The van der Waals surface area contributed by atoms with Crippen molar-refractivity contribution in [2.45, 2.75) is 31.8 Å². The molecule has 0 radical (unpaired) electrons. The summed E-state index contributed by atoms with van der Waals surface area (Å²) in [6, 6.07) is 12.4. The number of ether oxygens (including phenoxy) is 2. The van der Waals surface area contributed by atoms with Crippen molar-refractivity contribution in [3.63, 3.8) is 0 Å². The Labute approximate surface area is 205 Å². The Hall–Kier alpha value is -2.95. The molecular weight excluding hydrogens is 454 g/mol. The second kappa shape index (κ2) is 11.0. The predicted molar refractivity (Wildman–Crippen MR) is 131 cm³/mol. The summed E-state index contributed by atoms with van der Waals surface area (Å²) in [7, 11) is 1.60. The maximum Gasteiger partial charge on any atom is 0.337 e. The molecule has 7 nitrogen and oxygen atoms in total. The quantitative estimate of drug-likeness (QED) is 0.612. The van der Waals surface area contributed by atoms with Crippen LogP contribution in [0.3, 0.4) is 0 Å². The van der Waals surface area contributed by atoms with Gasteiger partial charge in [0.05, 0.1) is 28.9 Å². The van der Waals surface area contributed by atoms with E-state index >= 15 is 0 Å². The van der Waals surface area contributed by atoms with Crippen molar-refractivity contribution < 1.29 is 19.4 Å². The number of piperidine rings is 2. The van der Waals surface area contributed by atoms with E-state index in [0.717, 1.165) is 64.1 Å². The Kier molecular flexibility index (Phi) is 7.81. The number of carboxylic acid groups (broad SMARTS) is 1. The van der Waals surface area contributed by atoms with Crippen LogP contribution in [0.25, 0.3) is 0 Å². The highest BCUT2D eigenvalue weighted by Crippen LogP contribution is 2.31. The van der Waals surface area contributed by atoms with Crippen molar-refractivity contribution in [3.8, 4) is 17.6 Å². The van der Waals surface area contributed by atoms with Crippen LogP contribution < -0.4 is 14.4 Å². The van der Waals surface area contributed by atoms with E-state index in [1.54, 1.807) is 31.4 Å². The Morgan fingerprint density at radius 2 is 1.79 bits per heavy atom. The van der Waals surface area contributed by atoms with Crippen LogP contribution in [0, 0.1) is 17.2 Å². The van der Waals surface area contributed by atoms with Crippen LogP contribution in [0.15, 0.2) is 36.4 Å². The zero-order valence-corrected chi connectivity index (χ0v) is 20.1. The van der Waals surface area contributed by atoms with Crippen molar-refractivity contribution in [2.75, 3.05) is 44.7 Å². The van der Waals surface area contributed by atoms with Gasteiger partial charge in [0, 0.05) is 44.9 Å². The Bertz CT molecular complexity index is 1050. The lowest BCUT2D eigenvalue weighted by Crippen LogP contribution is -2.43. The number of methoxy groups -OCH3 is 1. The van der Waals surface area contributed by atoms with E-state index in [1.165, 1.54) is 0 Å². The van der Waals surface area contributed by atoms with Crippen LogP contribution in [0.5, 0.6) is 11.5 Å². The van der Waals surface area contributed by atoms with E-state index in [1.807, 2.05) is 12.1 Å². The first kappa shape index (κ1) is 24.2. The van der Waals surface area contributed by atoms with Gasteiger partial charge in [0.2, 0.25) is 0 Å². The van der Waals surface area contributed by atoms with E-state index in [0.29, 0.717) is 33.6 Å². The number of rotatable bonds is 7. The molecule has 0 atom stereocenters. The minimum atomic E-state index is -0.909. The minimum absolute atomic E-state index is 0.157. The molecule has 4 rings (SSSR count). The monoisotopic (exact) mass is 483 g/mol. The number of benzene rings is 2. The highest BCUT2D eigenvalue weighted by atomic mass is 35.5. The lowest BCUT2D eigenvalue weighted by Gasteiger charge is -2.38. The average Bonchev–Trinajstić information content (AvgIpc) is 2.85. The van der Waals surface area contributed by atoms with Gasteiger partial charge in [-0.1, -0.05) is 11.6 Å². The molecule has 0 unspecified atom stereocenters. The third-order valence-corrected chi connectivity index (χ3v) is 7.12. The number of carbonyl (C=O) groups is 1. The summed E-state index contributed by atoms with van der Waals surface area (Å²) in [5.41, 5.74) is 1.52. The molecule has 180 valence electrons. The van der Waals surface area contributed by atoms with Crippen molar-refractivity contribution in [2.24, 2.45) is 5.92 Å². The summed E-state index contributed by atoms with van der Waals surface area (Å²) in [6.45, 7) is 4.74. The molecule has 0 aromatic heterocycles. The summed E-state index contributed by atoms with van der Waals surface area (Å²) in [5.74, 6) is 1.08. The molecule has 0 amide bonds. The maximum absolute atomic E-state index is 11.7. The van der Waals surface area contributed by atoms with Crippen molar-refractivity contribution >= 4 is 23.3 Å². The smallest absolute Gasteiger partial charge is 0.337 e. The molecule has 2 aromatic rings. The van der Waals surface area contributed by atoms with Gasteiger partial charge in [-0.25, -0.2) is 4.79 Å². The summed E-state index contributed by atoms with van der Waals surface area (Å²) < 4.78 is 11.4. The van der Waals surface area contributed by atoms with Crippen molar-refractivity contribution in [1.82, 2.24) is 4.90 Å². The second-order valence-electron chi connectivity index (χ2n) is 8.99. The number of carboxylic acids is 1. The Morgan fingerprint density at radius 3 is 2.41 bits per heavy atom. The largest absolute Gasteiger partial charge is 0.497 e. The number of aromatic carboxylic acids is 1. The fourth-order valence-electron chi connectivity index (χ4n) is 4.86. The normalized spacial score (nSPS) is 17.9. The van der Waals surface area contributed by atoms with Gasteiger partial charge in [0.15, 0.2) is 0 Å². The van der Waals surface area contributed by atoms with E-state index in [2.05, 4.69) is 15.9 Å². The summed E-state index contributed by atoms with van der Waals surface area (Å²) in [5, 5.41) is 19.0. The number of hydrogen-bond donors (Lipinski definition) is 1. The molecule has 2 saturated heterocycles. The first-order valence-electron chi connectivity index (χ1n) is 11.7. The van der Waals surface area contributed by atoms with Gasteiger partial charge in [-0.2, -0.15) is 5.26 Å². The standard InChI is InChI=1S/C26H30ClN3O4/c1-33-21-4-5-23(26(31)32)25(15-21)30-12-6-18(7-13-30)17-29-10-8-20(9-11-29)34-22-3-2-19(16-28)24(27)14-22/h2-5,14-15,18,20H,6-13,17H2,1H3,(H,31,32). The summed E-state index contributed by atoms with van der Waals surface area (Å²) in [4.78, 5) is 16.4. The molecule has 1 N–H and O–H groups in total. The van der Waals surface area contributed by atoms with Crippen LogP contribution >= 0.6 is 11.6 Å². The molecule has 8 heteroatoms. The molecule has 0 aliphatic carbocycles. The Morgan fingerprint density at radius 1 is 1.09 bits per heavy atom. The van der Waals surface area contributed by atoms with Crippen LogP contribution in [0.4, 0.5) is 5.69 Å². The van der Waals surface area contributed by atoms with Gasteiger partial charge in [-0.15, -0.1) is 0 Å². The van der Waals surface area contributed by atoms with E-state index in [9.17, 15) is 9.90 Å². The fraction of sp³-hybridized carbons (Fsp3) is 0.462. The summed E-state index contributed by atoms with van der Waals surface area (Å²) >= 11 is 6.12. The number of hydrogen-bond acceptors (Lipinski definition) is 6. The highest BCUT2D eigenvalue weighted by Gasteiger charge is 2.27. The second-order valence-corrected chi connectivity index (χ2v) is 9.40. The molecular formula is C26H30ClN3O4. The first-order valence-corrected chi connectivity index (χ1v) is 12.1. The molecule has 2 aromatic carbocycles. The average molecular weight is 484 g/mol. The van der Waals surface area contributed by atoms with Gasteiger partial charge >= 0.3 is 5.97 Å². The molecule has 2 aliphatic heterocycles. The Balaban J connectivity index is 1.25. The van der Waals surface area contributed by atoms with Crippen LogP contribution in [0.2, 0.25) is 5.02 Å². The number of halogens is 1. The number of anilines is 1. The summed E-state index contributed by atoms with van der Waals surface area (Å²) in [6.07, 6.45) is 4.15. The van der Waals surface area contributed by atoms with Gasteiger partial charge in [-0.3, -0.25) is 0 Å². The molecule has 34 heavy (non-hydrogen) atoms. The molecule has 2 heterocycles. The maximum atomic E-state index is 11.7. The molecule has 2 fully saturated rings. The SMILES string of the molecule is COc1ccc(C(=O)O)c(N2CCC(CN3CCC(Oc4ccc(C#N)c(Cl)c4)CC3)CC2)c1. The van der Waals surface area contributed by atoms with E-state index < -0.39 is 5.97 Å². The van der Waals surface area contributed by atoms with Crippen LogP contribution in [-0.4, -0.2) is 61.9 Å². The first-order chi connectivity index (χ1) is 16.5. The lowest BCUT2D eigenvalue weighted by molar-refractivity contribution is 0.0697. The minimum Gasteiger partial charge on any atom is -0.497 e. The van der Waals surface area contributed by atoms with Gasteiger partial charge < -0.3 is 24.4 Å². The van der Waals surface area contributed by atoms with Gasteiger partial charge in [-0.05, 0) is 55.9 Å². The highest BCUT2D eigenvalue weighted by molar-refractivity contribution is 6.31. The number of likely N-dealkylation sites (tertiary alicyclic amines) is 1. The molecule has 0 saturated carbocycles. The molecule has 0 spiro atoms. The van der Waals surface area contributed by atoms with Crippen LogP contribution in [0.1, 0.15) is 41.6 Å². The third kappa shape index (κ3) is 5.75. The van der Waals surface area contributed by atoms with Crippen LogP contribution in [-0.2, 0) is 0 Å². The zero-order valence-electron chi connectivity index (χ0n) is 19.4.